The normalized spacial score (nSPS) is 20.4. The van der Waals surface area contributed by atoms with Crippen LogP contribution in [0.25, 0.3) is 0 Å². The highest BCUT2D eigenvalue weighted by molar-refractivity contribution is 5.82. The molecular weight excluding hydrogens is 299 g/mol. The van der Waals surface area contributed by atoms with Crippen molar-refractivity contribution < 1.29 is 13.9 Å². The molecule has 23 heavy (non-hydrogen) atoms. The Kier molecular flexibility index (Phi) is 4.66. The zero-order chi connectivity index (χ0) is 16.4. The molecule has 1 aromatic rings. The molecule has 1 aliphatic heterocycles. The van der Waals surface area contributed by atoms with Gasteiger partial charge in [-0.25, -0.2) is 4.39 Å². The third-order valence-electron chi connectivity index (χ3n) is 4.45. The fourth-order valence-electron chi connectivity index (χ4n) is 2.90. The lowest BCUT2D eigenvalue weighted by molar-refractivity contribution is -0.122. The van der Waals surface area contributed by atoms with Crippen molar-refractivity contribution in [2.45, 2.75) is 44.3 Å². The largest absolute Gasteiger partial charge is 0.481 e. The Bertz CT molecular complexity index is 586. The van der Waals surface area contributed by atoms with Crippen molar-refractivity contribution in [3.8, 4) is 5.88 Å². The third kappa shape index (κ3) is 3.55. The summed E-state index contributed by atoms with van der Waals surface area (Å²) in [5, 5.41) is 5.96. The quantitative estimate of drug-likeness (QED) is 0.824. The van der Waals surface area contributed by atoms with E-state index < -0.39 is 0 Å². The fourth-order valence-corrected chi connectivity index (χ4v) is 2.90. The number of pyridine rings is 1. The summed E-state index contributed by atoms with van der Waals surface area (Å²) in [5.41, 5.74) is 0.546. The van der Waals surface area contributed by atoms with Crippen molar-refractivity contribution >= 4 is 11.7 Å². The summed E-state index contributed by atoms with van der Waals surface area (Å²) >= 11 is 0. The second-order valence-corrected chi connectivity index (χ2v) is 6.17. The highest BCUT2D eigenvalue weighted by Gasteiger charge is 2.30. The summed E-state index contributed by atoms with van der Waals surface area (Å²) in [4.78, 5) is 18.2. The van der Waals surface area contributed by atoms with Crippen molar-refractivity contribution in [3.63, 3.8) is 0 Å². The smallest absolute Gasteiger partial charge is 0.237 e. The van der Waals surface area contributed by atoms with E-state index >= 15 is 0 Å². The first-order valence-electron chi connectivity index (χ1n) is 8.07. The molecule has 1 aliphatic carbocycles. The van der Waals surface area contributed by atoms with E-state index in [1.54, 1.807) is 0 Å². The number of hydrogen-bond acceptors (Lipinski definition) is 5. The zero-order valence-corrected chi connectivity index (χ0v) is 13.6. The molecule has 126 valence electrons. The molecule has 0 aromatic carbocycles. The van der Waals surface area contributed by atoms with Crippen molar-refractivity contribution in [1.82, 2.24) is 15.6 Å². The minimum absolute atomic E-state index is 0.0656. The summed E-state index contributed by atoms with van der Waals surface area (Å²) in [6, 6.07) is 1.61. The van der Waals surface area contributed by atoms with Crippen LogP contribution in [0.4, 0.5) is 10.2 Å². The van der Waals surface area contributed by atoms with Crippen molar-refractivity contribution in [2.24, 2.45) is 0 Å². The van der Waals surface area contributed by atoms with Crippen LogP contribution in [0.2, 0.25) is 0 Å². The molecule has 2 heterocycles. The zero-order valence-electron chi connectivity index (χ0n) is 13.6. The maximum absolute atomic E-state index is 14.3. The minimum Gasteiger partial charge on any atom is -0.481 e. The van der Waals surface area contributed by atoms with Gasteiger partial charge in [0.25, 0.3) is 0 Å². The Morgan fingerprint density at radius 1 is 1.52 bits per heavy atom. The van der Waals surface area contributed by atoms with Crippen LogP contribution in [0, 0.1) is 5.82 Å². The van der Waals surface area contributed by atoms with Gasteiger partial charge in [-0.3, -0.25) is 4.79 Å². The van der Waals surface area contributed by atoms with Gasteiger partial charge in [0.1, 0.15) is 0 Å². The van der Waals surface area contributed by atoms with Crippen molar-refractivity contribution in [3.05, 3.63) is 17.4 Å². The first-order chi connectivity index (χ1) is 11.1. The van der Waals surface area contributed by atoms with Crippen LogP contribution in [0.1, 0.15) is 31.2 Å². The number of anilines is 1. The predicted octanol–water partition coefficient (Wildman–Crippen LogP) is 1.20. The molecule has 0 bridgehead atoms. The molecule has 2 aliphatic rings. The number of halogens is 1. The lowest BCUT2D eigenvalue weighted by Crippen LogP contribution is -2.40. The van der Waals surface area contributed by atoms with E-state index in [0.717, 1.165) is 32.2 Å². The van der Waals surface area contributed by atoms with E-state index in [1.807, 2.05) is 11.9 Å². The highest BCUT2D eigenvalue weighted by atomic mass is 19.1. The van der Waals surface area contributed by atoms with Crippen LogP contribution in [0.3, 0.4) is 0 Å². The molecule has 1 saturated carbocycles. The number of methoxy groups -OCH3 is 1. The maximum atomic E-state index is 14.3. The van der Waals surface area contributed by atoms with Crippen LogP contribution in [-0.4, -0.2) is 43.7 Å². The molecule has 1 saturated heterocycles. The summed E-state index contributed by atoms with van der Waals surface area (Å²) in [6.07, 6.45) is 3.96. The SMILES string of the molecule is COc1nc(N(C)C2CC2)c(F)cc1CNC(=O)C1CCCN1. The molecule has 2 fully saturated rings. The Labute approximate surface area is 135 Å². The first-order valence-corrected chi connectivity index (χ1v) is 8.07. The van der Waals surface area contributed by atoms with E-state index in [9.17, 15) is 9.18 Å². The number of carbonyl (C=O) groups excluding carboxylic acids is 1. The molecule has 6 nitrogen and oxygen atoms in total. The average Bonchev–Trinajstić information content (AvgIpc) is 3.26. The molecule has 1 amide bonds. The van der Waals surface area contributed by atoms with E-state index in [-0.39, 0.29) is 24.3 Å². The van der Waals surface area contributed by atoms with E-state index in [4.69, 9.17) is 4.74 Å². The number of aromatic nitrogens is 1. The molecule has 0 radical (unpaired) electrons. The summed E-state index contributed by atoms with van der Waals surface area (Å²) in [5.74, 6) is 0.207. The Balaban J connectivity index is 1.70. The lowest BCUT2D eigenvalue weighted by atomic mass is 10.2. The number of carbonyl (C=O) groups is 1. The average molecular weight is 322 g/mol. The van der Waals surface area contributed by atoms with Gasteiger partial charge in [-0.1, -0.05) is 0 Å². The Morgan fingerprint density at radius 2 is 2.30 bits per heavy atom. The number of amides is 1. The molecule has 1 unspecified atom stereocenters. The molecule has 1 aromatic heterocycles. The van der Waals surface area contributed by atoms with Gasteiger partial charge < -0.3 is 20.3 Å². The van der Waals surface area contributed by atoms with Gasteiger partial charge in [-0.05, 0) is 38.3 Å². The van der Waals surface area contributed by atoms with Gasteiger partial charge in [-0.2, -0.15) is 4.98 Å². The van der Waals surface area contributed by atoms with Gasteiger partial charge >= 0.3 is 0 Å². The summed E-state index contributed by atoms with van der Waals surface area (Å²) in [7, 11) is 3.35. The van der Waals surface area contributed by atoms with E-state index in [2.05, 4.69) is 15.6 Å². The lowest BCUT2D eigenvalue weighted by Gasteiger charge is -2.20. The molecule has 3 rings (SSSR count). The summed E-state index contributed by atoms with van der Waals surface area (Å²) < 4.78 is 19.6. The third-order valence-corrected chi connectivity index (χ3v) is 4.45. The van der Waals surface area contributed by atoms with Crippen LogP contribution < -0.4 is 20.3 Å². The fraction of sp³-hybridized carbons (Fsp3) is 0.625. The molecule has 7 heteroatoms. The Morgan fingerprint density at radius 3 is 2.91 bits per heavy atom. The topological polar surface area (TPSA) is 66.5 Å². The minimum atomic E-state index is -0.386. The predicted molar refractivity (Wildman–Crippen MR) is 85.0 cm³/mol. The van der Waals surface area contributed by atoms with Gasteiger partial charge in [0, 0.05) is 25.2 Å². The molecule has 1 atom stereocenters. The van der Waals surface area contributed by atoms with Gasteiger partial charge in [-0.15, -0.1) is 0 Å². The monoisotopic (exact) mass is 322 g/mol. The highest BCUT2D eigenvalue weighted by Crippen LogP contribution is 2.32. The number of hydrogen-bond donors (Lipinski definition) is 2. The van der Waals surface area contributed by atoms with E-state index in [0.29, 0.717) is 23.3 Å². The van der Waals surface area contributed by atoms with Crippen molar-refractivity contribution in [2.75, 3.05) is 25.6 Å². The molecule has 2 N–H and O–H groups in total. The van der Waals surface area contributed by atoms with Crippen LogP contribution in [-0.2, 0) is 11.3 Å². The van der Waals surface area contributed by atoms with Crippen LogP contribution in [0.5, 0.6) is 5.88 Å². The number of nitrogens with one attached hydrogen (secondary N) is 2. The van der Waals surface area contributed by atoms with Gasteiger partial charge in [0.15, 0.2) is 11.6 Å². The van der Waals surface area contributed by atoms with Crippen LogP contribution in [0.15, 0.2) is 6.07 Å². The first kappa shape index (κ1) is 16.0. The number of ether oxygens (including phenoxy) is 1. The second kappa shape index (κ2) is 6.70. The van der Waals surface area contributed by atoms with Crippen molar-refractivity contribution in [1.29, 1.82) is 0 Å². The number of nitrogens with zero attached hydrogens (tertiary/aromatic N) is 2. The van der Waals surface area contributed by atoms with E-state index in [1.165, 1.54) is 13.2 Å². The standard InChI is InChI=1S/C16H23FN4O2/c1-21(11-5-6-11)14-12(17)8-10(16(20-14)23-2)9-19-15(22)13-4-3-7-18-13/h8,11,13,18H,3-7,9H2,1-2H3,(H,19,22). The molecule has 0 spiro atoms. The molecular formula is C16H23FN4O2. The van der Waals surface area contributed by atoms with Crippen LogP contribution >= 0.6 is 0 Å². The maximum Gasteiger partial charge on any atom is 0.237 e. The van der Waals surface area contributed by atoms with Gasteiger partial charge in [0.2, 0.25) is 11.8 Å². The van der Waals surface area contributed by atoms with Gasteiger partial charge in [0.05, 0.1) is 13.2 Å². The summed E-state index contributed by atoms with van der Waals surface area (Å²) in [6.45, 7) is 1.07. The second-order valence-electron chi connectivity index (χ2n) is 6.17. The Hall–Kier alpha value is -1.89. The number of rotatable bonds is 6.